The van der Waals surface area contributed by atoms with Gasteiger partial charge in [0.2, 0.25) is 5.91 Å². The van der Waals surface area contributed by atoms with E-state index in [1.165, 1.54) is 11.3 Å². The van der Waals surface area contributed by atoms with Gasteiger partial charge in [-0.1, -0.05) is 41.9 Å². The maximum absolute atomic E-state index is 12.8. The number of aromatic nitrogens is 1. The van der Waals surface area contributed by atoms with Crippen LogP contribution in [0.4, 0.5) is 5.69 Å². The first-order valence-corrected chi connectivity index (χ1v) is 11.6. The molecule has 2 aromatic carbocycles. The first-order chi connectivity index (χ1) is 16.4. The fraction of sp³-hybridized carbons (Fsp3) is 0.120. The van der Waals surface area contributed by atoms with Crippen molar-refractivity contribution in [2.75, 3.05) is 18.5 Å². The number of nitrogens with one attached hydrogen (secondary N) is 2. The number of rotatable bonds is 7. The first-order valence-electron chi connectivity index (χ1n) is 10.3. The fourth-order valence-electron chi connectivity index (χ4n) is 3.27. The van der Waals surface area contributed by atoms with Crippen molar-refractivity contribution in [3.63, 3.8) is 0 Å². The van der Waals surface area contributed by atoms with Gasteiger partial charge in [0.15, 0.2) is 6.61 Å². The van der Waals surface area contributed by atoms with Gasteiger partial charge in [0.1, 0.15) is 0 Å². The highest BCUT2D eigenvalue weighted by Crippen LogP contribution is 2.28. The van der Waals surface area contributed by atoms with Crippen LogP contribution in [0.1, 0.15) is 15.9 Å². The summed E-state index contributed by atoms with van der Waals surface area (Å²) in [5.41, 5.74) is 2.90. The maximum atomic E-state index is 12.8. The molecule has 0 saturated heterocycles. The number of amides is 2. The van der Waals surface area contributed by atoms with E-state index in [4.69, 9.17) is 16.3 Å². The van der Waals surface area contributed by atoms with Crippen molar-refractivity contribution in [3.8, 4) is 10.6 Å². The molecule has 2 N–H and O–H groups in total. The van der Waals surface area contributed by atoms with Crippen molar-refractivity contribution < 1.29 is 19.1 Å². The van der Waals surface area contributed by atoms with Crippen LogP contribution in [-0.4, -0.2) is 35.9 Å². The molecule has 0 atom stereocenters. The van der Waals surface area contributed by atoms with E-state index in [1.54, 1.807) is 43.3 Å². The average Bonchev–Trinajstić information content (AvgIpc) is 3.38. The average molecular weight is 494 g/mol. The molecule has 0 bridgehead atoms. The van der Waals surface area contributed by atoms with E-state index in [1.807, 2.05) is 29.6 Å². The van der Waals surface area contributed by atoms with Gasteiger partial charge in [-0.3, -0.25) is 9.59 Å². The molecular weight excluding hydrogens is 474 g/mol. The van der Waals surface area contributed by atoms with Gasteiger partial charge < -0.3 is 15.4 Å². The van der Waals surface area contributed by atoms with Crippen LogP contribution in [0.25, 0.3) is 21.5 Å². The highest BCUT2D eigenvalue weighted by atomic mass is 35.5. The van der Waals surface area contributed by atoms with Crippen LogP contribution in [-0.2, 0) is 14.3 Å². The number of ether oxygens (including phenoxy) is 1. The molecule has 0 fully saturated rings. The lowest BCUT2D eigenvalue weighted by Crippen LogP contribution is -2.35. The molecule has 0 spiro atoms. The number of nitrogens with zero attached hydrogens (tertiary/aromatic N) is 1. The first kappa shape index (κ1) is 23.4. The number of fused-ring (bicyclic) bond motifs is 1. The molecule has 9 heteroatoms. The number of anilines is 1. The fourth-order valence-corrected chi connectivity index (χ4v) is 4.13. The zero-order chi connectivity index (χ0) is 24.1. The van der Waals surface area contributed by atoms with Crippen molar-refractivity contribution in [2.45, 2.75) is 6.92 Å². The molecule has 172 valence electrons. The summed E-state index contributed by atoms with van der Waals surface area (Å²) >= 11 is 7.56. The summed E-state index contributed by atoms with van der Waals surface area (Å²) in [4.78, 5) is 42.7. The smallest absolute Gasteiger partial charge is 0.339 e. The molecule has 4 rings (SSSR count). The van der Waals surface area contributed by atoms with Crippen molar-refractivity contribution in [1.29, 1.82) is 0 Å². The van der Waals surface area contributed by atoms with Gasteiger partial charge in [-0.25, -0.2) is 9.78 Å². The lowest BCUT2D eigenvalue weighted by molar-refractivity contribution is -0.126. The molecule has 0 saturated carbocycles. The summed E-state index contributed by atoms with van der Waals surface area (Å²) in [5, 5.41) is 8.21. The SMILES string of the molecule is Cc1c(Cl)cccc1NC(=O)CNC(=O)COC(=O)c1cc(-c2cccs2)nc2ccccc12. The van der Waals surface area contributed by atoms with Crippen LogP contribution in [0.5, 0.6) is 0 Å². The minimum Gasteiger partial charge on any atom is -0.452 e. The van der Waals surface area contributed by atoms with Gasteiger partial charge in [-0.15, -0.1) is 11.3 Å². The highest BCUT2D eigenvalue weighted by Gasteiger charge is 2.17. The number of para-hydroxylation sites is 1. The van der Waals surface area contributed by atoms with Crippen LogP contribution < -0.4 is 10.6 Å². The molecular formula is C25H20ClN3O4S. The molecule has 2 amide bonds. The van der Waals surface area contributed by atoms with Crippen molar-refractivity contribution in [1.82, 2.24) is 10.3 Å². The molecule has 0 radical (unpaired) electrons. The van der Waals surface area contributed by atoms with Crippen LogP contribution in [0.2, 0.25) is 5.02 Å². The van der Waals surface area contributed by atoms with E-state index in [9.17, 15) is 14.4 Å². The normalized spacial score (nSPS) is 10.6. The Morgan fingerprint density at radius 1 is 1.03 bits per heavy atom. The number of thiophene rings is 1. The number of benzene rings is 2. The Kier molecular flexibility index (Phi) is 7.20. The minimum atomic E-state index is -0.648. The molecule has 0 unspecified atom stereocenters. The van der Waals surface area contributed by atoms with Gasteiger partial charge in [0, 0.05) is 16.1 Å². The Labute approximate surface area is 204 Å². The minimum absolute atomic E-state index is 0.275. The van der Waals surface area contributed by atoms with E-state index < -0.39 is 24.4 Å². The van der Waals surface area contributed by atoms with Gasteiger partial charge in [0.25, 0.3) is 5.91 Å². The lowest BCUT2D eigenvalue weighted by atomic mass is 10.1. The Morgan fingerprint density at radius 2 is 1.85 bits per heavy atom. The summed E-state index contributed by atoms with van der Waals surface area (Å²) in [7, 11) is 0. The molecule has 7 nitrogen and oxygen atoms in total. The summed E-state index contributed by atoms with van der Waals surface area (Å²) in [6.07, 6.45) is 0. The number of pyridine rings is 1. The summed E-state index contributed by atoms with van der Waals surface area (Å²) < 4.78 is 5.23. The molecule has 34 heavy (non-hydrogen) atoms. The second-order valence-corrected chi connectivity index (χ2v) is 8.72. The third-order valence-corrected chi connectivity index (χ3v) is 6.33. The predicted octanol–water partition coefficient (Wildman–Crippen LogP) is 4.84. The number of esters is 1. The Balaban J connectivity index is 1.37. The van der Waals surface area contributed by atoms with Gasteiger partial charge in [0.05, 0.1) is 28.2 Å². The van der Waals surface area contributed by atoms with E-state index in [0.717, 1.165) is 10.4 Å². The largest absolute Gasteiger partial charge is 0.452 e. The van der Waals surface area contributed by atoms with Gasteiger partial charge in [-0.2, -0.15) is 0 Å². The van der Waals surface area contributed by atoms with E-state index in [2.05, 4.69) is 15.6 Å². The third-order valence-electron chi connectivity index (χ3n) is 5.03. The Morgan fingerprint density at radius 3 is 2.65 bits per heavy atom. The molecule has 0 aliphatic heterocycles. The zero-order valence-corrected chi connectivity index (χ0v) is 19.7. The Hall–Kier alpha value is -3.75. The summed E-state index contributed by atoms with van der Waals surface area (Å²) in [6.45, 7) is 0.985. The zero-order valence-electron chi connectivity index (χ0n) is 18.1. The van der Waals surface area contributed by atoms with E-state index in [-0.39, 0.29) is 6.54 Å². The number of carbonyl (C=O) groups excluding carboxylic acids is 3. The van der Waals surface area contributed by atoms with Crippen LogP contribution in [0, 0.1) is 6.92 Å². The van der Waals surface area contributed by atoms with Crippen molar-refractivity contribution in [2.24, 2.45) is 0 Å². The van der Waals surface area contributed by atoms with Crippen LogP contribution >= 0.6 is 22.9 Å². The maximum Gasteiger partial charge on any atom is 0.339 e. The molecule has 2 heterocycles. The predicted molar refractivity (Wildman–Crippen MR) is 133 cm³/mol. The standard InChI is InChI=1S/C25H20ClN3O4S/c1-15-18(26)7-4-9-19(15)29-23(30)13-27-24(31)14-33-25(32)17-12-21(22-10-5-11-34-22)28-20-8-3-2-6-16(17)20/h2-12H,13-14H2,1H3,(H,27,31)(H,29,30). The third kappa shape index (κ3) is 5.41. The van der Waals surface area contributed by atoms with Crippen LogP contribution in [0.3, 0.4) is 0 Å². The van der Waals surface area contributed by atoms with Gasteiger partial charge in [-0.05, 0) is 48.2 Å². The second kappa shape index (κ2) is 10.5. The molecule has 0 aliphatic rings. The van der Waals surface area contributed by atoms with Crippen molar-refractivity contribution >= 4 is 57.3 Å². The Bertz CT molecular complexity index is 1370. The van der Waals surface area contributed by atoms with E-state index >= 15 is 0 Å². The molecule has 4 aromatic rings. The monoisotopic (exact) mass is 493 g/mol. The topological polar surface area (TPSA) is 97.4 Å². The van der Waals surface area contributed by atoms with Crippen molar-refractivity contribution in [3.05, 3.63) is 82.2 Å². The van der Waals surface area contributed by atoms with E-state index in [0.29, 0.717) is 32.9 Å². The summed E-state index contributed by atoms with van der Waals surface area (Å²) in [6, 6.07) is 17.9. The quantitative estimate of drug-likeness (QED) is 0.359. The molecule has 0 aliphatic carbocycles. The molecule has 2 aromatic heterocycles. The second-order valence-electron chi connectivity index (χ2n) is 7.36. The number of hydrogen-bond donors (Lipinski definition) is 2. The summed E-state index contributed by atoms with van der Waals surface area (Å²) in [5.74, 6) is -1.67. The van der Waals surface area contributed by atoms with Gasteiger partial charge >= 0.3 is 5.97 Å². The van der Waals surface area contributed by atoms with Crippen LogP contribution in [0.15, 0.2) is 66.0 Å². The number of carbonyl (C=O) groups is 3. The number of hydrogen-bond acceptors (Lipinski definition) is 6. The lowest BCUT2D eigenvalue weighted by Gasteiger charge is -2.11. The highest BCUT2D eigenvalue weighted by molar-refractivity contribution is 7.13. The number of halogens is 1.